The minimum absolute atomic E-state index is 0.0753. The molecule has 1 aromatic heterocycles. The molecule has 0 fully saturated rings. The number of fused-ring (bicyclic) bond motifs is 1. The minimum Gasteiger partial charge on any atom is -0.484 e. The average Bonchev–Trinajstić information content (AvgIpc) is 3.16. The molecule has 0 aliphatic heterocycles. The number of benzene rings is 2. The van der Waals surface area contributed by atoms with E-state index in [1.807, 2.05) is 13.1 Å². The van der Waals surface area contributed by atoms with Crippen molar-refractivity contribution >= 4 is 33.4 Å². The summed E-state index contributed by atoms with van der Waals surface area (Å²) < 4.78 is 7.57. The lowest BCUT2D eigenvalue weighted by Crippen LogP contribution is -2.16. The summed E-state index contributed by atoms with van der Waals surface area (Å²) in [6, 6.07) is 18.8. The van der Waals surface area contributed by atoms with Crippen LogP contribution in [0, 0.1) is 0 Å². The summed E-state index contributed by atoms with van der Waals surface area (Å²) in [7, 11) is 1.97. The smallest absolute Gasteiger partial charge is 0.414 e. The predicted octanol–water partition coefficient (Wildman–Crippen LogP) is 3.79. The van der Waals surface area contributed by atoms with E-state index in [4.69, 9.17) is 24.5 Å². The van der Waals surface area contributed by atoms with Gasteiger partial charge in [0.15, 0.2) is 0 Å². The van der Waals surface area contributed by atoms with Gasteiger partial charge in [-0.2, -0.15) is 0 Å². The van der Waals surface area contributed by atoms with Crippen molar-refractivity contribution < 1.29 is 24.5 Å². The molecule has 0 saturated heterocycles. The fourth-order valence-corrected chi connectivity index (χ4v) is 3.30. The quantitative estimate of drug-likeness (QED) is 0.557. The van der Waals surface area contributed by atoms with Gasteiger partial charge in [-0.3, -0.25) is 0 Å². The lowest BCUT2D eigenvalue weighted by Gasteiger charge is -2.20. The van der Waals surface area contributed by atoms with Crippen LogP contribution in [0.15, 0.2) is 60.0 Å². The van der Waals surface area contributed by atoms with E-state index in [0.717, 1.165) is 18.7 Å². The summed E-state index contributed by atoms with van der Waals surface area (Å²) >= 11 is 1.73. The van der Waals surface area contributed by atoms with Gasteiger partial charge in [0, 0.05) is 6.42 Å². The molecule has 1 atom stereocenters. The van der Waals surface area contributed by atoms with E-state index in [1.165, 1.54) is 15.6 Å². The van der Waals surface area contributed by atoms with Crippen molar-refractivity contribution in [3.8, 4) is 5.75 Å². The van der Waals surface area contributed by atoms with Crippen LogP contribution in [0.3, 0.4) is 0 Å². The summed E-state index contributed by atoms with van der Waals surface area (Å²) in [5, 5.41) is 21.4. The maximum atomic E-state index is 9.10. The molecular formula is C20H21NO5S. The third-order valence-electron chi connectivity index (χ3n) is 3.72. The Hall–Kier alpha value is -2.90. The molecule has 0 radical (unpaired) electrons. The molecule has 3 rings (SSSR count). The number of hydrogen-bond donors (Lipinski definition) is 3. The average molecular weight is 387 g/mol. The Kier molecular flexibility index (Phi) is 7.79. The summed E-state index contributed by atoms with van der Waals surface area (Å²) in [4.78, 5) is 18.2. The van der Waals surface area contributed by atoms with Gasteiger partial charge in [0.05, 0.1) is 4.70 Å². The second-order valence-electron chi connectivity index (χ2n) is 5.61. The van der Waals surface area contributed by atoms with Crippen molar-refractivity contribution in [2.45, 2.75) is 12.5 Å². The highest BCUT2D eigenvalue weighted by Gasteiger charge is 2.14. The van der Waals surface area contributed by atoms with Gasteiger partial charge in [0.2, 0.25) is 0 Å². The molecule has 0 amide bonds. The molecule has 0 unspecified atom stereocenters. The molecule has 0 saturated carbocycles. The lowest BCUT2D eigenvalue weighted by atomic mass is 10.1. The van der Waals surface area contributed by atoms with Crippen molar-refractivity contribution in [3.63, 3.8) is 0 Å². The van der Waals surface area contributed by atoms with Gasteiger partial charge in [-0.05, 0) is 42.1 Å². The first-order chi connectivity index (χ1) is 13.0. The van der Waals surface area contributed by atoms with Crippen LogP contribution in [0.4, 0.5) is 0 Å². The SMILES string of the molecule is CNCC[C@@H](Oc1cccc2ccsc12)c1ccccc1.O=C(O)C(=O)O. The van der Waals surface area contributed by atoms with E-state index in [1.54, 1.807) is 11.3 Å². The Morgan fingerprint density at radius 1 is 1.04 bits per heavy atom. The molecule has 1 heterocycles. The molecule has 0 spiro atoms. The zero-order valence-corrected chi connectivity index (χ0v) is 15.6. The number of aliphatic carboxylic acids is 2. The van der Waals surface area contributed by atoms with E-state index in [2.05, 4.69) is 59.2 Å². The van der Waals surface area contributed by atoms with Gasteiger partial charge in [-0.25, -0.2) is 9.59 Å². The predicted molar refractivity (Wildman–Crippen MR) is 105 cm³/mol. The number of carbonyl (C=O) groups is 2. The Balaban J connectivity index is 0.000000380. The zero-order valence-electron chi connectivity index (χ0n) is 14.8. The second-order valence-corrected chi connectivity index (χ2v) is 6.53. The summed E-state index contributed by atoms with van der Waals surface area (Å²) in [5.41, 5.74) is 1.22. The first-order valence-electron chi connectivity index (χ1n) is 8.31. The molecule has 2 aromatic carbocycles. The summed E-state index contributed by atoms with van der Waals surface area (Å²) in [6.07, 6.45) is 1.02. The lowest BCUT2D eigenvalue weighted by molar-refractivity contribution is -0.159. The standard InChI is InChI=1S/C18H19NOS.C2H2O4/c1-19-12-10-16(14-6-3-2-4-7-14)20-17-9-5-8-15-11-13-21-18(15)17;3-1(4)2(5)6/h2-9,11,13,16,19H,10,12H2,1H3;(H,3,4)(H,5,6)/t16-;/m1./s1. The Morgan fingerprint density at radius 3 is 2.37 bits per heavy atom. The van der Waals surface area contributed by atoms with Crippen LogP contribution >= 0.6 is 11.3 Å². The van der Waals surface area contributed by atoms with Crippen molar-refractivity contribution in [2.24, 2.45) is 0 Å². The van der Waals surface area contributed by atoms with Crippen LogP contribution in [0.1, 0.15) is 18.1 Å². The summed E-state index contributed by atoms with van der Waals surface area (Å²) in [5.74, 6) is -2.67. The maximum absolute atomic E-state index is 9.10. The molecule has 0 aliphatic rings. The molecule has 6 nitrogen and oxygen atoms in total. The Bertz CT molecular complexity index is 866. The fourth-order valence-electron chi connectivity index (χ4n) is 2.45. The Labute approximate surface area is 161 Å². The van der Waals surface area contributed by atoms with Crippen LogP contribution in [-0.2, 0) is 9.59 Å². The molecule has 3 aromatic rings. The number of rotatable bonds is 6. The molecule has 142 valence electrons. The first-order valence-corrected chi connectivity index (χ1v) is 9.19. The van der Waals surface area contributed by atoms with Crippen LogP contribution < -0.4 is 10.1 Å². The second kappa shape index (κ2) is 10.3. The first kappa shape index (κ1) is 20.4. The fraction of sp³-hybridized carbons (Fsp3) is 0.200. The summed E-state index contributed by atoms with van der Waals surface area (Å²) in [6.45, 7) is 0.931. The van der Waals surface area contributed by atoms with Gasteiger partial charge in [0.1, 0.15) is 11.9 Å². The number of carboxylic acids is 2. The molecule has 7 heteroatoms. The molecule has 0 bridgehead atoms. The number of carboxylic acid groups (broad SMARTS) is 2. The van der Waals surface area contributed by atoms with E-state index in [0.29, 0.717) is 0 Å². The van der Waals surface area contributed by atoms with Crippen LogP contribution in [0.2, 0.25) is 0 Å². The highest BCUT2D eigenvalue weighted by molar-refractivity contribution is 7.17. The van der Waals surface area contributed by atoms with E-state index in [-0.39, 0.29) is 6.10 Å². The van der Waals surface area contributed by atoms with Crippen molar-refractivity contribution in [1.82, 2.24) is 5.32 Å². The largest absolute Gasteiger partial charge is 0.484 e. The van der Waals surface area contributed by atoms with Gasteiger partial charge in [-0.1, -0.05) is 42.5 Å². The number of ether oxygens (including phenoxy) is 1. The number of nitrogens with one attached hydrogen (secondary N) is 1. The van der Waals surface area contributed by atoms with Gasteiger partial charge in [0.25, 0.3) is 0 Å². The van der Waals surface area contributed by atoms with Crippen LogP contribution in [0.5, 0.6) is 5.75 Å². The van der Waals surface area contributed by atoms with E-state index >= 15 is 0 Å². The number of thiophene rings is 1. The van der Waals surface area contributed by atoms with Crippen LogP contribution in [0.25, 0.3) is 10.1 Å². The van der Waals surface area contributed by atoms with Gasteiger partial charge in [-0.15, -0.1) is 11.3 Å². The molecular weight excluding hydrogens is 366 g/mol. The maximum Gasteiger partial charge on any atom is 0.414 e. The third kappa shape index (κ3) is 6.09. The highest BCUT2D eigenvalue weighted by atomic mass is 32.1. The van der Waals surface area contributed by atoms with Crippen molar-refractivity contribution in [1.29, 1.82) is 0 Å². The van der Waals surface area contributed by atoms with E-state index in [9.17, 15) is 0 Å². The number of hydrogen-bond acceptors (Lipinski definition) is 5. The molecule has 0 aliphatic carbocycles. The monoisotopic (exact) mass is 387 g/mol. The molecule has 3 N–H and O–H groups in total. The van der Waals surface area contributed by atoms with Crippen LogP contribution in [-0.4, -0.2) is 35.7 Å². The van der Waals surface area contributed by atoms with E-state index < -0.39 is 11.9 Å². The van der Waals surface area contributed by atoms with Gasteiger partial charge >= 0.3 is 11.9 Å². The highest BCUT2D eigenvalue weighted by Crippen LogP contribution is 2.34. The zero-order chi connectivity index (χ0) is 19.6. The Morgan fingerprint density at radius 2 is 1.74 bits per heavy atom. The van der Waals surface area contributed by atoms with Crippen molar-refractivity contribution in [3.05, 3.63) is 65.5 Å². The minimum atomic E-state index is -1.82. The van der Waals surface area contributed by atoms with Gasteiger partial charge < -0.3 is 20.3 Å². The topological polar surface area (TPSA) is 95.9 Å². The molecule has 27 heavy (non-hydrogen) atoms. The third-order valence-corrected chi connectivity index (χ3v) is 4.67. The normalized spacial score (nSPS) is 11.3. The van der Waals surface area contributed by atoms with Crippen molar-refractivity contribution in [2.75, 3.05) is 13.6 Å².